The minimum absolute atomic E-state index is 0.115. The lowest BCUT2D eigenvalue weighted by molar-refractivity contribution is -0.161. The molecule has 0 aromatic heterocycles. The molecule has 3 unspecified atom stereocenters. The van der Waals surface area contributed by atoms with Gasteiger partial charge in [0.1, 0.15) is 12.7 Å². The average Bonchev–Trinajstić information content (AvgIpc) is 3.98. The van der Waals surface area contributed by atoms with E-state index in [0.29, 0.717) is 12.8 Å². The number of esters is 2. The first-order chi connectivity index (χ1) is 29.1. The fourth-order valence-electron chi connectivity index (χ4n) is 6.85. The van der Waals surface area contributed by atoms with Crippen LogP contribution in [0.15, 0.2) is 36.5 Å². The predicted molar refractivity (Wildman–Crippen MR) is 242 cm³/mol. The number of carbonyl (C=O) groups excluding carboxylic acids is 2. The van der Waals surface area contributed by atoms with Crippen LogP contribution in [-0.2, 0) is 37.4 Å². The molecule has 1 heterocycles. The summed E-state index contributed by atoms with van der Waals surface area (Å²) in [5.74, 6) is -0.165. The highest BCUT2D eigenvalue weighted by Gasteiger charge is 2.36. The van der Waals surface area contributed by atoms with Crippen molar-refractivity contribution in [2.45, 2.75) is 225 Å². The predicted octanol–water partition coefficient (Wildman–Crippen LogP) is 12.0. The standard InChI is InChI=1S/C48H87O11P/c1-4-5-6-7-8-9-10-18-21-24-27-30-34-45-46(59-45)35-32-37-47(51)55-40-44(41-57-60(53,54)56-39-43(50)38-49)58-48(52)36-31-28-25-22-19-16-14-12-11-13-15-17-20-23-26-29-33-42(2)3/h8-9,18,21,27,30,42-46,49-50H,4-7,10-17,19-20,22-26,28-29,31-41H2,1-3H3,(H,53,54)/b9-8-,21-18-,30-27-/t43-,44+,45?,46?/m0/s1. The van der Waals surface area contributed by atoms with Crippen molar-refractivity contribution in [3.8, 4) is 0 Å². The van der Waals surface area contributed by atoms with Crippen LogP contribution in [0.2, 0.25) is 0 Å². The summed E-state index contributed by atoms with van der Waals surface area (Å²) in [6.45, 7) is 4.64. The van der Waals surface area contributed by atoms with Gasteiger partial charge in [-0.15, -0.1) is 0 Å². The molecule has 1 rings (SSSR count). The number of hydrogen-bond donors (Lipinski definition) is 3. The zero-order valence-corrected chi connectivity index (χ0v) is 38.9. The molecule has 60 heavy (non-hydrogen) atoms. The number of epoxide rings is 1. The quantitative estimate of drug-likeness (QED) is 0.0176. The second-order valence-electron chi connectivity index (χ2n) is 17.0. The molecule has 0 amide bonds. The van der Waals surface area contributed by atoms with Crippen molar-refractivity contribution in [3.05, 3.63) is 36.5 Å². The summed E-state index contributed by atoms with van der Waals surface area (Å²) in [4.78, 5) is 35.2. The summed E-state index contributed by atoms with van der Waals surface area (Å²) in [6.07, 6.45) is 41.3. The van der Waals surface area contributed by atoms with Gasteiger partial charge in [0.2, 0.25) is 0 Å². The van der Waals surface area contributed by atoms with E-state index in [1.165, 1.54) is 103 Å². The highest BCUT2D eigenvalue weighted by atomic mass is 31.2. The number of carbonyl (C=O) groups is 2. The van der Waals surface area contributed by atoms with E-state index in [4.69, 9.17) is 28.4 Å². The minimum Gasteiger partial charge on any atom is -0.462 e. The van der Waals surface area contributed by atoms with Crippen molar-refractivity contribution >= 4 is 19.8 Å². The summed E-state index contributed by atoms with van der Waals surface area (Å²) < 4.78 is 38.6. The normalized spacial score (nSPS) is 17.5. The molecule has 0 aromatic rings. The third kappa shape index (κ3) is 36.8. The SMILES string of the molecule is CCCCC/C=C\C/C=C\C/C=C\CC1OC1CCCC(=O)OC[C@H](COP(=O)(O)OC[C@@H](O)CO)OC(=O)CCCCCCCCCCCCCCCCCCC(C)C. The van der Waals surface area contributed by atoms with E-state index in [-0.39, 0.29) is 31.7 Å². The zero-order chi connectivity index (χ0) is 43.9. The Morgan fingerprint density at radius 1 is 0.650 bits per heavy atom. The number of phosphoric acid groups is 1. The fraction of sp³-hybridized carbons (Fsp3) is 0.833. The summed E-state index contributed by atoms with van der Waals surface area (Å²) in [5.41, 5.74) is 0. The highest BCUT2D eigenvalue weighted by Crippen LogP contribution is 2.43. The van der Waals surface area contributed by atoms with Crippen LogP contribution in [0.25, 0.3) is 0 Å². The Morgan fingerprint density at radius 3 is 1.77 bits per heavy atom. The Kier molecular flexibility index (Phi) is 36.3. The fourth-order valence-corrected chi connectivity index (χ4v) is 7.64. The van der Waals surface area contributed by atoms with Crippen LogP contribution < -0.4 is 0 Å². The summed E-state index contributed by atoms with van der Waals surface area (Å²) in [6, 6.07) is 0. The first kappa shape index (κ1) is 56.2. The van der Waals surface area contributed by atoms with Crippen molar-refractivity contribution in [2.75, 3.05) is 26.4 Å². The molecule has 1 aliphatic rings. The molecule has 0 spiro atoms. The van der Waals surface area contributed by atoms with Crippen LogP contribution in [0.1, 0.15) is 201 Å². The molecule has 0 saturated carbocycles. The second-order valence-corrected chi connectivity index (χ2v) is 18.5. The molecule has 11 nitrogen and oxygen atoms in total. The molecule has 0 aliphatic carbocycles. The van der Waals surface area contributed by atoms with Crippen LogP contribution in [0, 0.1) is 5.92 Å². The van der Waals surface area contributed by atoms with E-state index in [1.54, 1.807) is 0 Å². The van der Waals surface area contributed by atoms with Gasteiger partial charge in [0.25, 0.3) is 0 Å². The van der Waals surface area contributed by atoms with Crippen molar-refractivity contribution < 1.29 is 52.5 Å². The van der Waals surface area contributed by atoms with Crippen molar-refractivity contribution in [3.63, 3.8) is 0 Å². The topological polar surface area (TPSA) is 161 Å². The lowest BCUT2D eigenvalue weighted by Gasteiger charge is -2.20. The Bertz CT molecular complexity index is 1170. The summed E-state index contributed by atoms with van der Waals surface area (Å²) in [7, 11) is -4.64. The van der Waals surface area contributed by atoms with Gasteiger partial charge >= 0.3 is 19.8 Å². The number of hydrogen-bond acceptors (Lipinski definition) is 10. The third-order valence-corrected chi connectivity index (χ3v) is 11.6. The number of rotatable bonds is 43. The van der Waals surface area contributed by atoms with Gasteiger partial charge in [-0.2, -0.15) is 0 Å². The summed E-state index contributed by atoms with van der Waals surface area (Å²) >= 11 is 0. The lowest BCUT2D eigenvalue weighted by atomic mass is 10.0. The van der Waals surface area contributed by atoms with Gasteiger partial charge in [-0.25, -0.2) is 4.57 Å². The molecule has 1 saturated heterocycles. The Morgan fingerprint density at radius 2 is 1.18 bits per heavy atom. The van der Waals surface area contributed by atoms with Crippen LogP contribution in [0.3, 0.4) is 0 Å². The molecular formula is C48H87O11P. The maximum Gasteiger partial charge on any atom is 0.472 e. The second kappa shape index (κ2) is 38.8. The molecule has 12 heteroatoms. The van der Waals surface area contributed by atoms with E-state index in [2.05, 4.69) is 57.2 Å². The van der Waals surface area contributed by atoms with Gasteiger partial charge in [0, 0.05) is 12.8 Å². The third-order valence-electron chi connectivity index (χ3n) is 10.6. The maximum atomic E-state index is 12.7. The Labute approximate surface area is 365 Å². The Hall–Kier alpha value is -1.85. The summed E-state index contributed by atoms with van der Waals surface area (Å²) in [5, 5.41) is 18.4. The smallest absolute Gasteiger partial charge is 0.462 e. The average molecular weight is 871 g/mol. The molecule has 1 fully saturated rings. The number of unbranched alkanes of at least 4 members (excludes halogenated alkanes) is 18. The van der Waals surface area contributed by atoms with E-state index in [9.17, 15) is 24.2 Å². The molecule has 3 N–H and O–H groups in total. The van der Waals surface area contributed by atoms with Gasteiger partial charge < -0.3 is 29.3 Å². The number of ether oxygens (including phenoxy) is 3. The van der Waals surface area contributed by atoms with Gasteiger partial charge in [-0.1, -0.05) is 173 Å². The lowest BCUT2D eigenvalue weighted by Crippen LogP contribution is -2.29. The number of allylic oxidation sites excluding steroid dienone is 5. The molecule has 0 aromatic carbocycles. The highest BCUT2D eigenvalue weighted by molar-refractivity contribution is 7.47. The van der Waals surface area contributed by atoms with E-state index >= 15 is 0 Å². The monoisotopic (exact) mass is 871 g/mol. The minimum atomic E-state index is -4.64. The van der Waals surface area contributed by atoms with Crippen LogP contribution in [0.4, 0.5) is 0 Å². The van der Waals surface area contributed by atoms with Crippen LogP contribution >= 0.6 is 7.82 Å². The molecule has 5 atom stereocenters. The van der Waals surface area contributed by atoms with E-state index in [1.807, 2.05) is 0 Å². The van der Waals surface area contributed by atoms with Crippen molar-refractivity contribution in [1.82, 2.24) is 0 Å². The maximum absolute atomic E-state index is 12.7. The van der Waals surface area contributed by atoms with Gasteiger partial charge in [-0.3, -0.25) is 18.6 Å². The number of phosphoric ester groups is 1. The zero-order valence-electron chi connectivity index (χ0n) is 38.0. The molecule has 0 bridgehead atoms. The van der Waals surface area contributed by atoms with E-state index in [0.717, 1.165) is 57.3 Å². The van der Waals surface area contributed by atoms with Gasteiger partial charge in [0.05, 0.1) is 32.0 Å². The molecule has 350 valence electrons. The number of aliphatic hydroxyl groups is 2. The van der Waals surface area contributed by atoms with Gasteiger partial charge in [0.15, 0.2) is 6.10 Å². The number of aliphatic hydroxyl groups excluding tert-OH is 2. The molecular weight excluding hydrogens is 783 g/mol. The van der Waals surface area contributed by atoms with Crippen molar-refractivity contribution in [2.24, 2.45) is 5.92 Å². The largest absolute Gasteiger partial charge is 0.472 e. The van der Waals surface area contributed by atoms with Crippen molar-refractivity contribution in [1.29, 1.82) is 0 Å². The molecule has 0 radical (unpaired) electrons. The Balaban J connectivity index is 2.25. The van der Waals surface area contributed by atoms with Gasteiger partial charge in [-0.05, 0) is 57.3 Å². The first-order valence-corrected chi connectivity index (χ1v) is 25.4. The van der Waals surface area contributed by atoms with E-state index < -0.39 is 51.8 Å². The van der Waals surface area contributed by atoms with Crippen LogP contribution in [-0.4, -0.2) is 77.9 Å². The molecule has 1 aliphatic heterocycles. The first-order valence-electron chi connectivity index (χ1n) is 23.9. The van der Waals surface area contributed by atoms with Crippen LogP contribution in [0.5, 0.6) is 0 Å².